The monoisotopic (exact) mass is 339 g/mol. The zero-order valence-corrected chi connectivity index (χ0v) is 12.9. The average Bonchev–Trinajstić information content (AvgIpc) is 2.61. The van der Waals surface area contributed by atoms with Gasteiger partial charge in [0.25, 0.3) is 11.6 Å². The molecule has 2 rings (SSSR count). The molecule has 2 N–H and O–H groups in total. The third-order valence-electron chi connectivity index (χ3n) is 3.47. The van der Waals surface area contributed by atoms with Crippen LogP contribution < -0.4 is 5.32 Å². The SMILES string of the molecule is N#Cc1ccc(C(=O)N[C@H](Cc2ccc([N+](=O)[O-])cc2)C(=O)O)cc1. The second-order valence-corrected chi connectivity index (χ2v) is 5.18. The molecule has 2 aromatic rings. The van der Waals surface area contributed by atoms with E-state index in [-0.39, 0.29) is 17.7 Å². The Balaban J connectivity index is 2.09. The zero-order valence-electron chi connectivity index (χ0n) is 12.9. The number of nitrogens with zero attached hydrogens (tertiary/aromatic N) is 2. The second kappa shape index (κ2) is 7.70. The standard InChI is InChI=1S/C17H13N3O5/c18-10-12-1-5-13(6-2-12)16(21)19-15(17(22)23)9-11-3-7-14(8-4-11)20(24)25/h1-8,15H,9H2,(H,19,21)(H,22,23)/t15-/m1/s1. The van der Waals surface area contributed by atoms with E-state index < -0.39 is 22.8 Å². The van der Waals surface area contributed by atoms with Gasteiger partial charge in [-0.2, -0.15) is 5.26 Å². The average molecular weight is 339 g/mol. The molecule has 0 aliphatic carbocycles. The molecule has 25 heavy (non-hydrogen) atoms. The Morgan fingerprint density at radius 1 is 1.16 bits per heavy atom. The highest BCUT2D eigenvalue weighted by atomic mass is 16.6. The van der Waals surface area contributed by atoms with E-state index >= 15 is 0 Å². The summed E-state index contributed by atoms with van der Waals surface area (Å²) in [5.74, 6) is -1.81. The lowest BCUT2D eigenvalue weighted by molar-refractivity contribution is -0.384. The van der Waals surface area contributed by atoms with E-state index in [2.05, 4.69) is 5.32 Å². The fraction of sp³-hybridized carbons (Fsp3) is 0.118. The number of hydrogen-bond donors (Lipinski definition) is 2. The lowest BCUT2D eigenvalue weighted by Gasteiger charge is -2.14. The van der Waals surface area contributed by atoms with Crippen molar-refractivity contribution in [1.29, 1.82) is 5.26 Å². The van der Waals surface area contributed by atoms with Crippen molar-refractivity contribution < 1.29 is 19.6 Å². The van der Waals surface area contributed by atoms with Gasteiger partial charge < -0.3 is 10.4 Å². The quantitative estimate of drug-likeness (QED) is 0.610. The zero-order chi connectivity index (χ0) is 18.4. The van der Waals surface area contributed by atoms with Crippen molar-refractivity contribution in [1.82, 2.24) is 5.32 Å². The summed E-state index contributed by atoms with van der Waals surface area (Å²) in [7, 11) is 0. The number of nitro benzene ring substituents is 1. The van der Waals surface area contributed by atoms with Gasteiger partial charge in [-0.05, 0) is 29.8 Å². The molecule has 0 aliphatic heterocycles. The van der Waals surface area contributed by atoms with Crippen LogP contribution in [0.25, 0.3) is 0 Å². The second-order valence-electron chi connectivity index (χ2n) is 5.18. The maximum absolute atomic E-state index is 12.1. The Labute approximate surface area is 142 Å². The van der Waals surface area contributed by atoms with Crippen LogP contribution in [0, 0.1) is 21.4 Å². The molecule has 0 saturated carbocycles. The fourth-order valence-electron chi connectivity index (χ4n) is 2.13. The lowest BCUT2D eigenvalue weighted by atomic mass is 10.0. The highest BCUT2D eigenvalue weighted by molar-refractivity contribution is 5.96. The van der Waals surface area contributed by atoms with Crippen LogP contribution in [0.15, 0.2) is 48.5 Å². The van der Waals surface area contributed by atoms with Crippen LogP contribution in [0.2, 0.25) is 0 Å². The Hall–Kier alpha value is -3.73. The molecule has 0 bridgehead atoms. The highest BCUT2D eigenvalue weighted by Crippen LogP contribution is 2.13. The molecule has 0 aromatic heterocycles. The molecule has 8 heteroatoms. The first-order valence-electron chi connectivity index (χ1n) is 7.18. The lowest BCUT2D eigenvalue weighted by Crippen LogP contribution is -2.42. The molecule has 0 fully saturated rings. The van der Waals surface area contributed by atoms with Crippen LogP contribution in [0.5, 0.6) is 0 Å². The molecule has 0 unspecified atom stereocenters. The molecule has 126 valence electrons. The summed E-state index contributed by atoms with van der Waals surface area (Å²) >= 11 is 0. The summed E-state index contributed by atoms with van der Waals surface area (Å²) in [6.45, 7) is 0. The van der Waals surface area contributed by atoms with Crippen LogP contribution in [-0.2, 0) is 11.2 Å². The number of aliphatic carboxylic acids is 1. The molecular weight excluding hydrogens is 326 g/mol. The number of nitrogens with one attached hydrogen (secondary N) is 1. The minimum Gasteiger partial charge on any atom is -0.480 e. The molecule has 0 saturated heterocycles. The van der Waals surface area contributed by atoms with Crippen LogP contribution in [0.4, 0.5) is 5.69 Å². The van der Waals surface area contributed by atoms with E-state index in [1.807, 2.05) is 6.07 Å². The normalized spacial score (nSPS) is 11.2. The predicted octanol–water partition coefficient (Wildman–Crippen LogP) is 1.89. The summed E-state index contributed by atoms with van der Waals surface area (Å²) in [5.41, 5.74) is 1.06. The summed E-state index contributed by atoms with van der Waals surface area (Å²) in [4.78, 5) is 33.6. The first-order chi connectivity index (χ1) is 11.9. The van der Waals surface area contributed by atoms with Gasteiger partial charge in [0.05, 0.1) is 16.6 Å². The van der Waals surface area contributed by atoms with Crippen molar-refractivity contribution in [3.05, 3.63) is 75.3 Å². The van der Waals surface area contributed by atoms with Gasteiger partial charge in [0.2, 0.25) is 0 Å². The number of nitro groups is 1. The topological polar surface area (TPSA) is 133 Å². The number of non-ortho nitro benzene ring substituents is 1. The van der Waals surface area contributed by atoms with Crippen molar-refractivity contribution in [2.75, 3.05) is 0 Å². The van der Waals surface area contributed by atoms with Gasteiger partial charge in [0.1, 0.15) is 6.04 Å². The van der Waals surface area contributed by atoms with E-state index in [4.69, 9.17) is 5.26 Å². The molecule has 1 atom stereocenters. The number of nitriles is 1. The Kier molecular flexibility index (Phi) is 5.43. The van der Waals surface area contributed by atoms with Gasteiger partial charge in [0.15, 0.2) is 0 Å². The van der Waals surface area contributed by atoms with Gasteiger partial charge in [-0.15, -0.1) is 0 Å². The fourth-order valence-corrected chi connectivity index (χ4v) is 2.13. The van der Waals surface area contributed by atoms with Gasteiger partial charge in [-0.3, -0.25) is 14.9 Å². The van der Waals surface area contributed by atoms with E-state index in [1.54, 1.807) is 0 Å². The molecule has 0 aliphatic rings. The van der Waals surface area contributed by atoms with Crippen molar-refractivity contribution in [2.45, 2.75) is 12.5 Å². The van der Waals surface area contributed by atoms with Crippen molar-refractivity contribution in [2.24, 2.45) is 0 Å². The van der Waals surface area contributed by atoms with Crippen molar-refractivity contribution in [3.8, 4) is 6.07 Å². The Morgan fingerprint density at radius 2 is 1.76 bits per heavy atom. The van der Waals surface area contributed by atoms with E-state index in [0.29, 0.717) is 11.1 Å². The van der Waals surface area contributed by atoms with Gasteiger partial charge in [0, 0.05) is 24.1 Å². The molecular formula is C17H13N3O5. The molecule has 0 heterocycles. The number of carboxylic acids is 1. The maximum atomic E-state index is 12.1. The summed E-state index contributed by atoms with van der Waals surface area (Å²) in [6, 6.07) is 12.0. The number of hydrogen-bond acceptors (Lipinski definition) is 5. The number of carbonyl (C=O) groups excluding carboxylic acids is 1. The molecule has 1 amide bonds. The van der Waals surface area contributed by atoms with Gasteiger partial charge >= 0.3 is 5.97 Å². The van der Waals surface area contributed by atoms with Crippen LogP contribution in [-0.4, -0.2) is 27.9 Å². The van der Waals surface area contributed by atoms with E-state index in [9.17, 15) is 24.8 Å². The third kappa shape index (κ3) is 4.62. The van der Waals surface area contributed by atoms with Crippen molar-refractivity contribution >= 4 is 17.6 Å². The first-order valence-corrected chi connectivity index (χ1v) is 7.18. The van der Waals surface area contributed by atoms with E-state index in [0.717, 1.165) is 0 Å². The maximum Gasteiger partial charge on any atom is 0.326 e. The molecule has 0 radical (unpaired) electrons. The van der Waals surface area contributed by atoms with Crippen LogP contribution in [0.1, 0.15) is 21.5 Å². The number of rotatable bonds is 6. The molecule has 0 spiro atoms. The minimum atomic E-state index is -1.22. The Morgan fingerprint density at radius 3 is 2.24 bits per heavy atom. The first kappa shape index (κ1) is 17.6. The summed E-state index contributed by atoms with van der Waals surface area (Å²) in [6.07, 6.45) is -0.0185. The number of carbonyl (C=O) groups is 2. The smallest absolute Gasteiger partial charge is 0.326 e. The van der Waals surface area contributed by atoms with Crippen LogP contribution in [0.3, 0.4) is 0 Å². The third-order valence-corrected chi connectivity index (χ3v) is 3.47. The number of benzene rings is 2. The largest absolute Gasteiger partial charge is 0.480 e. The molecule has 2 aromatic carbocycles. The van der Waals surface area contributed by atoms with Gasteiger partial charge in [-0.25, -0.2) is 4.79 Å². The highest BCUT2D eigenvalue weighted by Gasteiger charge is 2.21. The Bertz CT molecular complexity index is 838. The number of carboxylic acid groups (broad SMARTS) is 1. The molecule has 8 nitrogen and oxygen atoms in total. The van der Waals surface area contributed by atoms with Crippen LogP contribution >= 0.6 is 0 Å². The van der Waals surface area contributed by atoms with E-state index in [1.165, 1.54) is 48.5 Å². The van der Waals surface area contributed by atoms with Crippen molar-refractivity contribution in [3.63, 3.8) is 0 Å². The predicted molar refractivity (Wildman–Crippen MR) is 86.8 cm³/mol. The minimum absolute atomic E-state index is 0.0185. The summed E-state index contributed by atoms with van der Waals surface area (Å²) < 4.78 is 0. The van der Waals surface area contributed by atoms with Gasteiger partial charge in [-0.1, -0.05) is 12.1 Å². The number of amides is 1. The summed E-state index contributed by atoms with van der Waals surface area (Å²) in [5, 5.41) is 31.0.